The van der Waals surface area contributed by atoms with Gasteiger partial charge in [-0.3, -0.25) is 4.79 Å². The van der Waals surface area contributed by atoms with Gasteiger partial charge in [-0.15, -0.1) is 0 Å². The Morgan fingerprint density at radius 1 is 1.03 bits per heavy atom. The van der Waals surface area contributed by atoms with Crippen LogP contribution in [0.15, 0.2) is 53.1 Å². The Kier molecular flexibility index (Phi) is 7.29. The summed E-state index contributed by atoms with van der Waals surface area (Å²) in [5.74, 6) is 1.41. The highest BCUT2D eigenvalue weighted by Gasteiger charge is 2.32. The number of amides is 1. The first-order valence-electron chi connectivity index (χ1n) is 13.1. The fraction of sp³-hybridized carbons (Fsp3) is 0.379. The molecule has 0 radical (unpaired) electrons. The lowest BCUT2D eigenvalue weighted by Gasteiger charge is -2.24. The van der Waals surface area contributed by atoms with Crippen molar-refractivity contribution in [3.05, 3.63) is 71.0 Å². The molecule has 4 aromatic rings. The molecular weight excluding hydrogens is 507 g/mol. The largest absolute Gasteiger partial charge is 0.416 e. The number of aryl methyl sites for hydroxylation is 1. The molecule has 0 atom stereocenters. The van der Waals surface area contributed by atoms with Gasteiger partial charge < -0.3 is 14.3 Å². The number of carbonyl (C=O) groups excluding carboxylic acids is 1. The molecule has 1 amide bonds. The van der Waals surface area contributed by atoms with Gasteiger partial charge in [0.1, 0.15) is 22.7 Å². The van der Waals surface area contributed by atoms with Gasteiger partial charge >= 0.3 is 6.18 Å². The molecule has 10 heteroatoms. The number of fused-ring (bicyclic) bond motifs is 1. The quantitative estimate of drug-likeness (QED) is 0.303. The molecule has 2 aromatic carbocycles. The Morgan fingerprint density at radius 2 is 1.82 bits per heavy atom. The normalized spacial score (nSPS) is 14.7. The number of alkyl halides is 3. The summed E-state index contributed by atoms with van der Waals surface area (Å²) in [6, 6.07) is 12.5. The predicted molar refractivity (Wildman–Crippen MR) is 142 cm³/mol. The molecule has 7 nitrogen and oxygen atoms in total. The standard InChI is InChI=1S/C29H30F3N5O2/c1-18(2)16-23-33-26(36-12-7-13-37(15-14-36)28(38)22-11-5-4-8-19(22)3)24-25(35-39-27(24)34-23)20-9-6-10-21(17-20)29(30,31)32/h4-6,8-11,17-18H,7,12-16H2,1-3H3. The van der Waals surface area contributed by atoms with Crippen LogP contribution >= 0.6 is 0 Å². The molecule has 39 heavy (non-hydrogen) atoms. The number of carbonyl (C=O) groups is 1. The van der Waals surface area contributed by atoms with Crippen molar-refractivity contribution >= 4 is 22.8 Å². The lowest BCUT2D eigenvalue weighted by molar-refractivity contribution is -0.137. The fourth-order valence-electron chi connectivity index (χ4n) is 4.92. The molecule has 5 rings (SSSR count). The van der Waals surface area contributed by atoms with Crippen molar-refractivity contribution in [1.29, 1.82) is 0 Å². The average molecular weight is 538 g/mol. The highest BCUT2D eigenvalue weighted by molar-refractivity contribution is 5.98. The van der Waals surface area contributed by atoms with E-state index >= 15 is 0 Å². The van der Waals surface area contributed by atoms with Gasteiger partial charge in [0.15, 0.2) is 0 Å². The molecule has 0 unspecified atom stereocenters. The van der Waals surface area contributed by atoms with Gasteiger partial charge in [-0.25, -0.2) is 4.98 Å². The molecule has 0 bridgehead atoms. The van der Waals surface area contributed by atoms with Crippen LogP contribution in [0.4, 0.5) is 19.0 Å². The highest BCUT2D eigenvalue weighted by Crippen LogP contribution is 2.37. The Hall–Kier alpha value is -3.95. The van der Waals surface area contributed by atoms with Crippen LogP contribution < -0.4 is 4.90 Å². The Balaban J connectivity index is 1.53. The second-order valence-electron chi connectivity index (χ2n) is 10.3. The zero-order valence-electron chi connectivity index (χ0n) is 22.1. The summed E-state index contributed by atoms with van der Waals surface area (Å²) in [7, 11) is 0. The number of hydrogen-bond donors (Lipinski definition) is 0. The van der Waals surface area contributed by atoms with Crippen molar-refractivity contribution in [2.24, 2.45) is 5.92 Å². The molecule has 2 aromatic heterocycles. The lowest BCUT2D eigenvalue weighted by Crippen LogP contribution is -2.35. The molecule has 204 valence electrons. The van der Waals surface area contributed by atoms with Crippen molar-refractivity contribution in [2.45, 2.75) is 39.8 Å². The molecule has 1 aliphatic rings. The van der Waals surface area contributed by atoms with E-state index in [1.807, 2.05) is 36.1 Å². The Bertz CT molecular complexity index is 1500. The number of aromatic nitrogens is 3. The first kappa shape index (κ1) is 26.6. The number of anilines is 1. The monoisotopic (exact) mass is 537 g/mol. The molecular formula is C29H30F3N5O2. The van der Waals surface area contributed by atoms with Crippen LogP contribution in [-0.2, 0) is 12.6 Å². The summed E-state index contributed by atoms with van der Waals surface area (Å²) in [5, 5.41) is 4.62. The van der Waals surface area contributed by atoms with E-state index in [9.17, 15) is 18.0 Å². The average Bonchev–Trinajstić information content (AvgIpc) is 3.16. The first-order valence-corrected chi connectivity index (χ1v) is 13.1. The number of nitrogens with zero attached hydrogens (tertiary/aromatic N) is 5. The molecule has 1 fully saturated rings. The van der Waals surface area contributed by atoms with E-state index in [1.165, 1.54) is 6.07 Å². The van der Waals surface area contributed by atoms with Crippen LogP contribution in [0.5, 0.6) is 0 Å². The predicted octanol–water partition coefficient (Wildman–Crippen LogP) is 6.16. The third-order valence-electron chi connectivity index (χ3n) is 6.88. The highest BCUT2D eigenvalue weighted by atomic mass is 19.4. The molecule has 1 aliphatic heterocycles. The summed E-state index contributed by atoms with van der Waals surface area (Å²) < 4.78 is 45.9. The van der Waals surface area contributed by atoms with Gasteiger partial charge in [0, 0.05) is 43.7 Å². The minimum atomic E-state index is -4.49. The van der Waals surface area contributed by atoms with Crippen LogP contribution in [0.2, 0.25) is 0 Å². The lowest BCUT2D eigenvalue weighted by atomic mass is 10.1. The van der Waals surface area contributed by atoms with E-state index in [0.717, 1.165) is 17.7 Å². The summed E-state index contributed by atoms with van der Waals surface area (Å²) in [5.41, 5.74) is 1.61. The minimum absolute atomic E-state index is 0.0158. The first-order chi connectivity index (χ1) is 18.6. The molecule has 0 aliphatic carbocycles. The number of rotatable bonds is 5. The van der Waals surface area contributed by atoms with Gasteiger partial charge in [0.25, 0.3) is 11.6 Å². The molecule has 0 spiro atoms. The van der Waals surface area contributed by atoms with Gasteiger partial charge in [-0.2, -0.15) is 18.2 Å². The van der Waals surface area contributed by atoms with Crippen LogP contribution in [0.3, 0.4) is 0 Å². The van der Waals surface area contributed by atoms with E-state index in [2.05, 4.69) is 28.9 Å². The minimum Gasteiger partial charge on any atom is -0.354 e. The van der Waals surface area contributed by atoms with Gasteiger partial charge in [-0.1, -0.05) is 49.3 Å². The molecule has 3 heterocycles. The van der Waals surface area contributed by atoms with E-state index in [4.69, 9.17) is 9.51 Å². The van der Waals surface area contributed by atoms with Crippen molar-refractivity contribution in [1.82, 2.24) is 20.0 Å². The van der Waals surface area contributed by atoms with E-state index < -0.39 is 11.7 Å². The smallest absolute Gasteiger partial charge is 0.354 e. The Morgan fingerprint density at radius 3 is 2.56 bits per heavy atom. The molecule has 0 saturated carbocycles. The second kappa shape index (κ2) is 10.7. The summed E-state index contributed by atoms with van der Waals surface area (Å²) in [6.45, 7) is 8.21. The summed E-state index contributed by atoms with van der Waals surface area (Å²) in [6.07, 6.45) is -3.18. The molecule has 0 N–H and O–H groups in total. The van der Waals surface area contributed by atoms with Gasteiger partial charge in [-0.05, 0) is 43.0 Å². The van der Waals surface area contributed by atoms with Crippen molar-refractivity contribution in [3.8, 4) is 11.3 Å². The van der Waals surface area contributed by atoms with Crippen LogP contribution in [0.1, 0.15) is 47.6 Å². The number of benzene rings is 2. The van der Waals surface area contributed by atoms with Gasteiger partial charge in [0.2, 0.25) is 0 Å². The Labute approximate surface area is 224 Å². The number of halogens is 3. The van der Waals surface area contributed by atoms with Crippen LogP contribution in [-0.4, -0.2) is 52.1 Å². The summed E-state index contributed by atoms with van der Waals surface area (Å²) >= 11 is 0. The van der Waals surface area contributed by atoms with Crippen molar-refractivity contribution < 1.29 is 22.5 Å². The topological polar surface area (TPSA) is 75.4 Å². The molecule has 1 saturated heterocycles. The number of hydrogen-bond acceptors (Lipinski definition) is 6. The van der Waals surface area contributed by atoms with Crippen molar-refractivity contribution in [3.63, 3.8) is 0 Å². The maximum atomic E-state index is 13.5. The maximum absolute atomic E-state index is 13.5. The fourth-order valence-corrected chi connectivity index (χ4v) is 4.92. The van der Waals surface area contributed by atoms with E-state index in [0.29, 0.717) is 61.6 Å². The zero-order valence-corrected chi connectivity index (χ0v) is 22.1. The maximum Gasteiger partial charge on any atom is 0.416 e. The second-order valence-corrected chi connectivity index (χ2v) is 10.3. The SMILES string of the molecule is Cc1ccccc1C(=O)N1CCCN(c2nc(CC(C)C)nc3onc(-c4cccc(C(F)(F)F)c4)c23)CC1. The summed E-state index contributed by atoms with van der Waals surface area (Å²) in [4.78, 5) is 26.6. The third-order valence-corrected chi connectivity index (χ3v) is 6.88. The van der Waals surface area contributed by atoms with Crippen LogP contribution in [0.25, 0.3) is 22.4 Å². The zero-order chi connectivity index (χ0) is 27.7. The third kappa shape index (κ3) is 5.60. The van der Waals surface area contributed by atoms with E-state index in [1.54, 1.807) is 6.07 Å². The van der Waals surface area contributed by atoms with Crippen molar-refractivity contribution in [2.75, 3.05) is 31.1 Å². The van der Waals surface area contributed by atoms with Gasteiger partial charge in [0.05, 0.1) is 5.56 Å². The van der Waals surface area contributed by atoms with E-state index in [-0.39, 0.29) is 28.8 Å². The van der Waals surface area contributed by atoms with Crippen LogP contribution in [0, 0.1) is 12.8 Å².